The molecule has 110 valence electrons. The van der Waals surface area contributed by atoms with Crippen molar-refractivity contribution in [1.29, 1.82) is 0 Å². The van der Waals surface area contributed by atoms with Crippen LogP contribution in [0.3, 0.4) is 0 Å². The SMILES string of the molecule is CNc1ccc([N+](=O)[O-])cc1COc1ccc(F)c(F)c1. The molecule has 0 saturated carbocycles. The summed E-state index contributed by atoms with van der Waals surface area (Å²) in [6.45, 7) is -0.0110. The van der Waals surface area contributed by atoms with Crippen molar-refractivity contribution in [3.05, 3.63) is 63.7 Å². The van der Waals surface area contributed by atoms with E-state index in [1.165, 1.54) is 18.2 Å². The summed E-state index contributed by atoms with van der Waals surface area (Å²) in [5.74, 6) is -1.84. The van der Waals surface area contributed by atoms with E-state index in [0.29, 0.717) is 11.3 Å². The van der Waals surface area contributed by atoms with Gasteiger partial charge in [0.05, 0.1) is 4.92 Å². The summed E-state index contributed by atoms with van der Waals surface area (Å²) in [7, 11) is 1.67. The van der Waals surface area contributed by atoms with E-state index in [2.05, 4.69) is 5.32 Å². The highest BCUT2D eigenvalue weighted by molar-refractivity contribution is 5.55. The van der Waals surface area contributed by atoms with Crippen molar-refractivity contribution in [2.75, 3.05) is 12.4 Å². The first-order valence-electron chi connectivity index (χ1n) is 6.04. The zero-order valence-corrected chi connectivity index (χ0v) is 11.1. The highest BCUT2D eigenvalue weighted by Crippen LogP contribution is 2.24. The average Bonchev–Trinajstić information content (AvgIpc) is 2.48. The van der Waals surface area contributed by atoms with E-state index in [0.717, 1.165) is 12.1 Å². The first kappa shape index (κ1) is 14.7. The van der Waals surface area contributed by atoms with Gasteiger partial charge in [-0.25, -0.2) is 8.78 Å². The Morgan fingerprint density at radius 1 is 1.19 bits per heavy atom. The van der Waals surface area contributed by atoms with Crippen LogP contribution in [0.15, 0.2) is 36.4 Å². The van der Waals surface area contributed by atoms with Gasteiger partial charge in [0, 0.05) is 36.5 Å². The number of non-ortho nitro benzene ring substituents is 1. The van der Waals surface area contributed by atoms with Gasteiger partial charge < -0.3 is 10.1 Å². The second-order valence-electron chi connectivity index (χ2n) is 4.21. The Hall–Kier alpha value is -2.70. The van der Waals surface area contributed by atoms with Gasteiger partial charge in [0.25, 0.3) is 5.69 Å². The number of nitro benzene ring substituents is 1. The molecule has 5 nitrogen and oxygen atoms in total. The van der Waals surface area contributed by atoms with Crippen LogP contribution in [0.5, 0.6) is 5.75 Å². The number of ether oxygens (including phenoxy) is 1. The lowest BCUT2D eigenvalue weighted by Gasteiger charge is -2.11. The first-order valence-corrected chi connectivity index (χ1v) is 6.04. The van der Waals surface area contributed by atoms with E-state index in [-0.39, 0.29) is 18.0 Å². The van der Waals surface area contributed by atoms with Crippen molar-refractivity contribution in [1.82, 2.24) is 0 Å². The number of benzene rings is 2. The second-order valence-corrected chi connectivity index (χ2v) is 4.21. The molecule has 2 aromatic carbocycles. The Bertz CT molecular complexity index is 677. The summed E-state index contributed by atoms with van der Waals surface area (Å²) < 4.78 is 31.2. The summed E-state index contributed by atoms with van der Waals surface area (Å²) in [6.07, 6.45) is 0. The lowest BCUT2D eigenvalue weighted by atomic mass is 10.1. The first-order chi connectivity index (χ1) is 10.0. The standard InChI is InChI=1S/C14H12F2N2O3/c1-17-14-5-2-10(18(19)20)6-9(14)8-21-11-3-4-12(15)13(16)7-11/h2-7,17H,8H2,1H3. The molecule has 0 spiro atoms. The van der Waals surface area contributed by atoms with E-state index >= 15 is 0 Å². The molecule has 2 aromatic rings. The van der Waals surface area contributed by atoms with Crippen LogP contribution in [-0.2, 0) is 6.61 Å². The number of anilines is 1. The quantitative estimate of drug-likeness (QED) is 0.677. The minimum absolute atomic E-state index is 0.0110. The number of nitrogens with one attached hydrogen (secondary N) is 1. The third-order valence-corrected chi connectivity index (χ3v) is 2.85. The van der Waals surface area contributed by atoms with Crippen molar-refractivity contribution < 1.29 is 18.4 Å². The summed E-state index contributed by atoms with van der Waals surface area (Å²) in [5, 5.41) is 13.6. The number of nitrogens with zero attached hydrogens (tertiary/aromatic N) is 1. The molecule has 0 aliphatic rings. The van der Waals surface area contributed by atoms with Gasteiger partial charge in [-0.05, 0) is 18.2 Å². The molecule has 0 aliphatic heterocycles. The van der Waals surface area contributed by atoms with Crippen molar-refractivity contribution in [3.63, 3.8) is 0 Å². The number of hydrogen-bond acceptors (Lipinski definition) is 4. The van der Waals surface area contributed by atoms with Gasteiger partial charge in [-0.15, -0.1) is 0 Å². The van der Waals surface area contributed by atoms with E-state index in [1.807, 2.05) is 0 Å². The van der Waals surface area contributed by atoms with E-state index in [4.69, 9.17) is 4.74 Å². The summed E-state index contributed by atoms with van der Waals surface area (Å²) >= 11 is 0. The van der Waals surface area contributed by atoms with Crippen LogP contribution in [0.25, 0.3) is 0 Å². The summed E-state index contributed by atoms with van der Waals surface area (Å²) in [5.41, 5.74) is 1.12. The Morgan fingerprint density at radius 2 is 1.95 bits per heavy atom. The number of halogens is 2. The van der Waals surface area contributed by atoms with Crippen LogP contribution in [0.2, 0.25) is 0 Å². The fourth-order valence-corrected chi connectivity index (χ4v) is 1.78. The summed E-state index contributed by atoms with van der Waals surface area (Å²) in [6, 6.07) is 7.46. The zero-order chi connectivity index (χ0) is 15.4. The van der Waals surface area contributed by atoms with Crippen LogP contribution in [-0.4, -0.2) is 12.0 Å². The summed E-state index contributed by atoms with van der Waals surface area (Å²) in [4.78, 5) is 10.2. The molecule has 0 aliphatic carbocycles. The molecule has 0 unspecified atom stereocenters. The largest absolute Gasteiger partial charge is 0.489 e. The predicted octanol–water partition coefficient (Wildman–Crippen LogP) is 3.49. The van der Waals surface area contributed by atoms with Crippen molar-refractivity contribution >= 4 is 11.4 Å². The lowest BCUT2D eigenvalue weighted by Crippen LogP contribution is -2.02. The van der Waals surface area contributed by atoms with Crippen LogP contribution in [0.1, 0.15) is 5.56 Å². The minimum atomic E-state index is -1.01. The van der Waals surface area contributed by atoms with Crippen LogP contribution >= 0.6 is 0 Å². The Balaban J connectivity index is 2.19. The van der Waals surface area contributed by atoms with Gasteiger partial charge in [-0.2, -0.15) is 0 Å². The molecule has 0 heterocycles. The van der Waals surface area contributed by atoms with Gasteiger partial charge in [-0.3, -0.25) is 10.1 Å². The van der Waals surface area contributed by atoms with Crippen molar-refractivity contribution in [2.24, 2.45) is 0 Å². The van der Waals surface area contributed by atoms with Gasteiger partial charge >= 0.3 is 0 Å². The highest BCUT2D eigenvalue weighted by atomic mass is 19.2. The number of rotatable bonds is 5. The highest BCUT2D eigenvalue weighted by Gasteiger charge is 2.11. The maximum Gasteiger partial charge on any atom is 0.269 e. The van der Waals surface area contributed by atoms with E-state index in [9.17, 15) is 18.9 Å². The van der Waals surface area contributed by atoms with Crippen LogP contribution in [0.4, 0.5) is 20.2 Å². The van der Waals surface area contributed by atoms with Gasteiger partial charge in [0.2, 0.25) is 0 Å². The zero-order valence-electron chi connectivity index (χ0n) is 11.1. The molecule has 0 amide bonds. The topological polar surface area (TPSA) is 64.4 Å². The minimum Gasteiger partial charge on any atom is -0.489 e. The molecule has 0 aromatic heterocycles. The molecule has 1 N–H and O–H groups in total. The Kier molecular flexibility index (Phi) is 4.32. The third kappa shape index (κ3) is 3.44. The fourth-order valence-electron chi connectivity index (χ4n) is 1.78. The Morgan fingerprint density at radius 3 is 2.57 bits per heavy atom. The van der Waals surface area contributed by atoms with Gasteiger partial charge in [-0.1, -0.05) is 0 Å². The van der Waals surface area contributed by atoms with Crippen LogP contribution < -0.4 is 10.1 Å². The normalized spacial score (nSPS) is 10.2. The molecular weight excluding hydrogens is 282 g/mol. The number of nitro groups is 1. The average molecular weight is 294 g/mol. The molecular formula is C14H12F2N2O3. The monoisotopic (exact) mass is 294 g/mol. The molecule has 21 heavy (non-hydrogen) atoms. The van der Waals surface area contributed by atoms with Gasteiger partial charge in [0.15, 0.2) is 11.6 Å². The van der Waals surface area contributed by atoms with E-state index < -0.39 is 16.6 Å². The van der Waals surface area contributed by atoms with Crippen molar-refractivity contribution in [2.45, 2.75) is 6.61 Å². The van der Waals surface area contributed by atoms with Crippen molar-refractivity contribution in [3.8, 4) is 5.75 Å². The molecule has 0 bridgehead atoms. The molecule has 0 radical (unpaired) electrons. The molecule has 0 atom stereocenters. The molecule has 2 rings (SSSR count). The number of hydrogen-bond donors (Lipinski definition) is 1. The Labute approximate surface area is 119 Å². The van der Waals surface area contributed by atoms with E-state index in [1.54, 1.807) is 13.1 Å². The second kappa shape index (κ2) is 6.17. The maximum atomic E-state index is 13.1. The van der Waals surface area contributed by atoms with Crippen LogP contribution in [0, 0.1) is 21.7 Å². The predicted molar refractivity (Wildman–Crippen MR) is 73.3 cm³/mol. The third-order valence-electron chi connectivity index (χ3n) is 2.85. The smallest absolute Gasteiger partial charge is 0.269 e. The molecule has 0 fully saturated rings. The molecule has 7 heteroatoms. The van der Waals surface area contributed by atoms with Gasteiger partial charge in [0.1, 0.15) is 12.4 Å². The maximum absolute atomic E-state index is 13.1. The lowest BCUT2D eigenvalue weighted by molar-refractivity contribution is -0.384. The molecule has 0 saturated heterocycles. The fraction of sp³-hybridized carbons (Fsp3) is 0.143.